The average Bonchev–Trinajstić information content (AvgIpc) is 2.62. The molecule has 1 aromatic heterocycles. The monoisotopic (exact) mass is 325 g/mol. The Morgan fingerprint density at radius 3 is 2.58 bits per heavy atom. The highest BCUT2D eigenvalue weighted by Crippen LogP contribution is 2.16. The number of carbonyl (C=O) groups is 1. The number of amides is 1. The molecule has 126 valence electrons. The summed E-state index contributed by atoms with van der Waals surface area (Å²) in [7, 11) is 1.79. The van der Waals surface area contributed by atoms with Crippen LogP contribution in [0, 0.1) is 0 Å². The Hall–Kier alpha value is -2.63. The third-order valence-corrected chi connectivity index (χ3v) is 4.41. The molecule has 2 heterocycles. The first-order valence-electron chi connectivity index (χ1n) is 8.23. The van der Waals surface area contributed by atoms with Gasteiger partial charge in [-0.25, -0.2) is 0 Å². The molecule has 1 saturated heterocycles. The molecule has 0 unspecified atom stereocenters. The molecule has 1 aromatic carbocycles. The van der Waals surface area contributed by atoms with Gasteiger partial charge < -0.3 is 15.1 Å². The predicted octanol–water partition coefficient (Wildman–Crippen LogP) is 1.47. The standard InChI is InChI=1S/C18H23N5O/c1-14(24)22-9-11-23(12-10-22)18(19-2)21-13-17-16-6-4-3-5-15(16)7-8-20-17/h3-8H,9-13H2,1-2H3,(H,19,21). The van der Waals surface area contributed by atoms with Gasteiger partial charge in [0, 0.05) is 51.7 Å². The highest BCUT2D eigenvalue weighted by Gasteiger charge is 2.20. The lowest BCUT2D eigenvalue weighted by molar-refractivity contribution is -0.130. The van der Waals surface area contributed by atoms with Gasteiger partial charge in [-0.3, -0.25) is 14.8 Å². The molecule has 1 fully saturated rings. The molecule has 0 atom stereocenters. The highest BCUT2D eigenvalue weighted by atomic mass is 16.2. The molecular formula is C18H23N5O. The summed E-state index contributed by atoms with van der Waals surface area (Å²) in [5, 5.41) is 5.75. The normalized spacial score (nSPS) is 15.7. The van der Waals surface area contributed by atoms with Gasteiger partial charge in [-0.2, -0.15) is 0 Å². The number of nitrogens with one attached hydrogen (secondary N) is 1. The van der Waals surface area contributed by atoms with Crippen LogP contribution in [0.15, 0.2) is 41.5 Å². The van der Waals surface area contributed by atoms with Crippen LogP contribution in [0.3, 0.4) is 0 Å². The number of hydrogen-bond acceptors (Lipinski definition) is 3. The van der Waals surface area contributed by atoms with Crippen LogP contribution >= 0.6 is 0 Å². The SMILES string of the molecule is CN=C(NCc1nccc2ccccc12)N1CCN(C(C)=O)CC1. The van der Waals surface area contributed by atoms with E-state index in [1.807, 2.05) is 29.3 Å². The maximum atomic E-state index is 11.4. The quantitative estimate of drug-likeness (QED) is 0.671. The molecule has 1 aliphatic rings. The van der Waals surface area contributed by atoms with Gasteiger partial charge in [0.05, 0.1) is 12.2 Å². The number of aliphatic imine (C=N–C) groups is 1. The molecule has 0 saturated carbocycles. The molecule has 24 heavy (non-hydrogen) atoms. The van der Waals surface area contributed by atoms with E-state index in [4.69, 9.17) is 0 Å². The summed E-state index contributed by atoms with van der Waals surface area (Å²) >= 11 is 0. The second-order valence-electron chi connectivity index (χ2n) is 5.87. The van der Waals surface area contributed by atoms with Crippen molar-refractivity contribution in [1.82, 2.24) is 20.1 Å². The number of nitrogens with zero attached hydrogens (tertiary/aromatic N) is 4. The van der Waals surface area contributed by atoms with E-state index >= 15 is 0 Å². The largest absolute Gasteiger partial charge is 0.351 e. The molecule has 6 nitrogen and oxygen atoms in total. The van der Waals surface area contributed by atoms with Crippen molar-refractivity contribution in [2.75, 3.05) is 33.2 Å². The van der Waals surface area contributed by atoms with Crippen molar-refractivity contribution >= 4 is 22.6 Å². The Labute approximate surface area is 142 Å². The lowest BCUT2D eigenvalue weighted by Crippen LogP contribution is -2.53. The summed E-state index contributed by atoms with van der Waals surface area (Å²) in [6.07, 6.45) is 1.84. The minimum absolute atomic E-state index is 0.137. The number of pyridine rings is 1. The van der Waals surface area contributed by atoms with E-state index in [1.54, 1.807) is 14.0 Å². The predicted molar refractivity (Wildman–Crippen MR) is 95.8 cm³/mol. The van der Waals surface area contributed by atoms with Gasteiger partial charge in [0.25, 0.3) is 0 Å². The summed E-state index contributed by atoms with van der Waals surface area (Å²) in [4.78, 5) is 24.4. The van der Waals surface area contributed by atoms with Crippen LogP contribution in [-0.4, -0.2) is 59.9 Å². The minimum atomic E-state index is 0.137. The molecule has 2 aromatic rings. The smallest absolute Gasteiger partial charge is 0.219 e. The van der Waals surface area contributed by atoms with Crippen molar-refractivity contribution in [3.05, 3.63) is 42.2 Å². The van der Waals surface area contributed by atoms with Gasteiger partial charge in [-0.05, 0) is 11.5 Å². The minimum Gasteiger partial charge on any atom is -0.351 e. The first-order chi connectivity index (χ1) is 11.7. The molecular weight excluding hydrogens is 302 g/mol. The van der Waals surface area contributed by atoms with Crippen molar-refractivity contribution in [2.45, 2.75) is 13.5 Å². The Bertz CT molecular complexity index is 745. The van der Waals surface area contributed by atoms with Gasteiger partial charge in [0.15, 0.2) is 5.96 Å². The molecule has 3 rings (SSSR count). The second kappa shape index (κ2) is 7.29. The summed E-state index contributed by atoms with van der Waals surface area (Å²) < 4.78 is 0. The summed E-state index contributed by atoms with van der Waals surface area (Å²) in [5.41, 5.74) is 1.01. The molecule has 0 aliphatic carbocycles. The van der Waals surface area contributed by atoms with E-state index in [1.165, 1.54) is 5.39 Å². The lowest BCUT2D eigenvalue weighted by atomic mass is 10.1. The Morgan fingerprint density at radius 2 is 1.88 bits per heavy atom. The van der Waals surface area contributed by atoms with Crippen LogP contribution in [0.4, 0.5) is 0 Å². The molecule has 1 N–H and O–H groups in total. The zero-order chi connectivity index (χ0) is 16.9. The second-order valence-corrected chi connectivity index (χ2v) is 5.87. The van der Waals surface area contributed by atoms with Gasteiger partial charge >= 0.3 is 0 Å². The van der Waals surface area contributed by atoms with E-state index in [-0.39, 0.29) is 5.91 Å². The van der Waals surface area contributed by atoms with E-state index in [9.17, 15) is 4.79 Å². The maximum Gasteiger partial charge on any atom is 0.219 e. The number of aromatic nitrogens is 1. The van der Waals surface area contributed by atoms with Crippen molar-refractivity contribution in [1.29, 1.82) is 0 Å². The van der Waals surface area contributed by atoms with Crippen LogP contribution in [0.5, 0.6) is 0 Å². The molecule has 0 bridgehead atoms. The van der Waals surface area contributed by atoms with Crippen molar-refractivity contribution < 1.29 is 4.79 Å². The Morgan fingerprint density at radius 1 is 1.17 bits per heavy atom. The zero-order valence-corrected chi connectivity index (χ0v) is 14.2. The topological polar surface area (TPSA) is 60.8 Å². The number of piperazine rings is 1. The van der Waals surface area contributed by atoms with E-state index in [0.717, 1.165) is 43.2 Å². The van der Waals surface area contributed by atoms with Crippen molar-refractivity contribution in [2.24, 2.45) is 4.99 Å². The summed E-state index contributed by atoms with van der Waals surface area (Å²) in [6.45, 7) is 5.31. The number of guanidine groups is 1. The van der Waals surface area contributed by atoms with Crippen LogP contribution in [0.2, 0.25) is 0 Å². The summed E-state index contributed by atoms with van der Waals surface area (Å²) in [5.74, 6) is 0.991. The van der Waals surface area contributed by atoms with Crippen LogP contribution in [0.25, 0.3) is 10.8 Å². The first kappa shape index (κ1) is 16.2. The lowest BCUT2D eigenvalue weighted by Gasteiger charge is -2.36. The van der Waals surface area contributed by atoms with Crippen molar-refractivity contribution in [3.63, 3.8) is 0 Å². The fourth-order valence-corrected chi connectivity index (χ4v) is 3.05. The molecule has 0 radical (unpaired) electrons. The number of hydrogen-bond donors (Lipinski definition) is 1. The fourth-order valence-electron chi connectivity index (χ4n) is 3.05. The van der Waals surface area contributed by atoms with E-state index in [2.05, 4.69) is 32.3 Å². The highest BCUT2D eigenvalue weighted by molar-refractivity contribution is 5.85. The number of rotatable bonds is 2. The van der Waals surface area contributed by atoms with Gasteiger partial charge in [-0.1, -0.05) is 24.3 Å². The molecule has 1 amide bonds. The third-order valence-electron chi connectivity index (χ3n) is 4.41. The first-order valence-corrected chi connectivity index (χ1v) is 8.23. The van der Waals surface area contributed by atoms with Gasteiger partial charge in [-0.15, -0.1) is 0 Å². The fraction of sp³-hybridized carbons (Fsp3) is 0.389. The maximum absolute atomic E-state index is 11.4. The van der Waals surface area contributed by atoms with Gasteiger partial charge in [0.2, 0.25) is 5.91 Å². The molecule has 6 heteroatoms. The molecule has 0 spiro atoms. The van der Waals surface area contributed by atoms with E-state index < -0.39 is 0 Å². The summed E-state index contributed by atoms with van der Waals surface area (Å²) in [6, 6.07) is 10.3. The third kappa shape index (κ3) is 3.48. The average molecular weight is 325 g/mol. The Kier molecular flexibility index (Phi) is 4.93. The van der Waals surface area contributed by atoms with Crippen LogP contribution < -0.4 is 5.32 Å². The van der Waals surface area contributed by atoms with Crippen LogP contribution in [0.1, 0.15) is 12.6 Å². The van der Waals surface area contributed by atoms with Crippen LogP contribution in [-0.2, 0) is 11.3 Å². The van der Waals surface area contributed by atoms with Gasteiger partial charge in [0.1, 0.15) is 0 Å². The number of benzene rings is 1. The number of fused-ring (bicyclic) bond motifs is 1. The zero-order valence-electron chi connectivity index (χ0n) is 14.2. The Balaban J connectivity index is 1.65. The number of carbonyl (C=O) groups excluding carboxylic acids is 1. The molecule has 1 aliphatic heterocycles. The van der Waals surface area contributed by atoms with E-state index in [0.29, 0.717) is 6.54 Å². The van der Waals surface area contributed by atoms with Crippen molar-refractivity contribution in [3.8, 4) is 0 Å².